The topological polar surface area (TPSA) is 95.2 Å². The van der Waals surface area contributed by atoms with Crippen molar-refractivity contribution < 1.29 is 14.6 Å². The van der Waals surface area contributed by atoms with Gasteiger partial charge in [-0.2, -0.15) is 5.10 Å². The van der Waals surface area contributed by atoms with Crippen LogP contribution in [0, 0.1) is 0 Å². The van der Waals surface area contributed by atoms with Crippen LogP contribution in [0.5, 0.6) is 11.8 Å². The normalized spacial score (nSPS) is 12.8. The average Bonchev–Trinajstić information content (AvgIpc) is 3.74. The average molecular weight is 570 g/mol. The number of pyridine rings is 2. The van der Waals surface area contributed by atoms with Crippen LogP contribution in [0.25, 0.3) is 16.6 Å². The highest BCUT2D eigenvalue weighted by atomic mass is 35.5. The molecule has 0 saturated carbocycles. The number of rotatable bonds is 8. The lowest BCUT2D eigenvalue weighted by Gasteiger charge is -2.28. The van der Waals surface area contributed by atoms with Crippen molar-refractivity contribution in [2.24, 2.45) is 0 Å². The van der Waals surface area contributed by atoms with Gasteiger partial charge in [-0.3, -0.25) is 4.98 Å². The summed E-state index contributed by atoms with van der Waals surface area (Å²) in [5.41, 5.74) is 4.78. The Hall–Kier alpha value is -4.31. The molecule has 0 radical (unpaired) electrons. The number of methoxy groups -OCH3 is 2. The lowest BCUT2D eigenvalue weighted by atomic mass is 9.85. The fourth-order valence-corrected chi connectivity index (χ4v) is 5.80. The molecule has 8 nitrogen and oxygen atoms in total. The molecule has 40 heavy (non-hydrogen) atoms. The number of ether oxygens (including phenoxy) is 2. The largest absolute Gasteiger partial charge is 0.481 e. The summed E-state index contributed by atoms with van der Waals surface area (Å²) in [6, 6.07) is 19.0. The van der Waals surface area contributed by atoms with E-state index in [1.807, 2.05) is 54.7 Å². The van der Waals surface area contributed by atoms with E-state index in [1.54, 1.807) is 55.1 Å². The van der Waals surface area contributed by atoms with E-state index in [2.05, 4.69) is 15.1 Å². The van der Waals surface area contributed by atoms with Gasteiger partial charge in [-0.15, -0.1) is 11.3 Å². The number of aliphatic hydroxyl groups is 1. The minimum atomic E-state index is -1.51. The van der Waals surface area contributed by atoms with Gasteiger partial charge in [0, 0.05) is 53.8 Å². The Balaban J connectivity index is 1.44. The summed E-state index contributed by atoms with van der Waals surface area (Å²) in [5.74, 6) is 0.911. The maximum absolute atomic E-state index is 12.2. The van der Waals surface area contributed by atoms with Crippen molar-refractivity contribution in [2.75, 3.05) is 14.2 Å². The predicted octanol–water partition coefficient (Wildman–Crippen LogP) is 5.82. The van der Waals surface area contributed by atoms with E-state index in [4.69, 9.17) is 26.1 Å². The molecule has 0 aliphatic heterocycles. The minimum Gasteiger partial charge on any atom is -0.481 e. The molecule has 1 atom stereocenters. The Labute approximate surface area is 239 Å². The van der Waals surface area contributed by atoms with Gasteiger partial charge in [0.1, 0.15) is 0 Å². The smallest absolute Gasteiger partial charge is 0.218 e. The molecule has 0 saturated heterocycles. The van der Waals surface area contributed by atoms with Gasteiger partial charge in [-0.05, 0) is 47.5 Å². The van der Waals surface area contributed by atoms with E-state index >= 15 is 0 Å². The molecular weight excluding hydrogens is 546 g/mol. The van der Waals surface area contributed by atoms with Crippen molar-refractivity contribution in [1.29, 1.82) is 0 Å². The molecule has 0 fully saturated rings. The Morgan fingerprint density at radius 1 is 1.00 bits per heavy atom. The zero-order chi connectivity index (χ0) is 27.7. The first kappa shape index (κ1) is 25.9. The Kier molecular flexibility index (Phi) is 6.93. The Morgan fingerprint density at radius 2 is 1.82 bits per heavy atom. The molecule has 0 aliphatic carbocycles. The molecule has 0 bridgehead atoms. The zero-order valence-corrected chi connectivity index (χ0v) is 23.2. The quantitative estimate of drug-likeness (QED) is 0.247. The van der Waals surface area contributed by atoms with Crippen LogP contribution in [-0.4, -0.2) is 44.1 Å². The second-order valence-corrected chi connectivity index (χ2v) is 10.4. The van der Waals surface area contributed by atoms with E-state index in [9.17, 15) is 5.11 Å². The maximum Gasteiger partial charge on any atom is 0.218 e. The van der Waals surface area contributed by atoms with E-state index in [-0.39, 0.29) is 0 Å². The Bertz CT molecular complexity index is 1760. The third-order valence-corrected chi connectivity index (χ3v) is 8.14. The van der Waals surface area contributed by atoms with Crippen molar-refractivity contribution in [3.63, 3.8) is 0 Å². The lowest BCUT2D eigenvalue weighted by molar-refractivity contribution is 0.129. The monoisotopic (exact) mass is 569 g/mol. The number of benzene rings is 2. The first-order valence-corrected chi connectivity index (χ1v) is 13.6. The molecule has 4 heterocycles. The zero-order valence-electron chi connectivity index (χ0n) is 21.7. The fourth-order valence-electron chi connectivity index (χ4n) is 4.74. The van der Waals surface area contributed by atoms with Crippen molar-refractivity contribution in [2.45, 2.75) is 12.0 Å². The fraction of sp³-hybridized carbons (Fsp3) is 0.133. The minimum absolute atomic E-state index is 0.454. The molecule has 6 rings (SSSR count). The summed E-state index contributed by atoms with van der Waals surface area (Å²) in [5, 5.41) is 17.7. The molecular formula is C30H24ClN5O3S. The summed E-state index contributed by atoms with van der Waals surface area (Å²) in [6.07, 6.45) is 7.42. The molecule has 10 heteroatoms. The Morgan fingerprint density at radius 3 is 2.48 bits per heavy atom. The molecule has 1 unspecified atom stereocenters. The van der Waals surface area contributed by atoms with Gasteiger partial charge in [0.25, 0.3) is 0 Å². The molecule has 0 aliphatic rings. The van der Waals surface area contributed by atoms with Gasteiger partial charge < -0.3 is 14.6 Å². The summed E-state index contributed by atoms with van der Waals surface area (Å²) < 4.78 is 12.7. The summed E-state index contributed by atoms with van der Waals surface area (Å²) >= 11 is 8.42. The first-order chi connectivity index (χ1) is 19.5. The highest BCUT2D eigenvalue weighted by molar-refractivity contribution is 7.09. The van der Waals surface area contributed by atoms with E-state index in [0.29, 0.717) is 50.1 Å². The van der Waals surface area contributed by atoms with Gasteiger partial charge >= 0.3 is 0 Å². The van der Waals surface area contributed by atoms with Crippen molar-refractivity contribution >= 4 is 33.8 Å². The van der Waals surface area contributed by atoms with Crippen LogP contribution in [0.2, 0.25) is 5.02 Å². The second kappa shape index (κ2) is 10.7. The van der Waals surface area contributed by atoms with Gasteiger partial charge in [0.2, 0.25) is 11.8 Å². The van der Waals surface area contributed by atoms with Crippen molar-refractivity contribution in [1.82, 2.24) is 24.7 Å². The maximum atomic E-state index is 12.2. The van der Waals surface area contributed by atoms with E-state index in [0.717, 1.165) is 16.8 Å². The number of fused-ring (bicyclic) bond motifs is 1. The first-order valence-electron chi connectivity index (χ1n) is 12.4. The third-order valence-electron chi connectivity index (χ3n) is 6.83. The van der Waals surface area contributed by atoms with Gasteiger partial charge in [-0.25, -0.2) is 14.6 Å². The molecule has 200 valence electrons. The van der Waals surface area contributed by atoms with Gasteiger partial charge in [-0.1, -0.05) is 29.8 Å². The SMILES string of the molecule is COc1ccc(C(O)(c2ccc3nc(OC)c(Cc4ccc(-n5cccn5)cc4)c(Cl)c3c2)c2cncs2)cn1. The van der Waals surface area contributed by atoms with Gasteiger partial charge in [0.05, 0.1) is 40.8 Å². The summed E-state index contributed by atoms with van der Waals surface area (Å²) in [4.78, 5) is 13.9. The lowest BCUT2D eigenvalue weighted by Crippen LogP contribution is -2.28. The van der Waals surface area contributed by atoms with Crippen LogP contribution in [0.1, 0.15) is 27.1 Å². The van der Waals surface area contributed by atoms with Crippen LogP contribution < -0.4 is 9.47 Å². The van der Waals surface area contributed by atoms with Gasteiger partial charge in [0.15, 0.2) is 5.60 Å². The van der Waals surface area contributed by atoms with E-state index in [1.165, 1.54) is 11.3 Å². The van der Waals surface area contributed by atoms with Crippen molar-refractivity contribution in [3.05, 3.63) is 123 Å². The van der Waals surface area contributed by atoms with Crippen LogP contribution >= 0.6 is 22.9 Å². The number of thiazole rings is 1. The molecule has 2 aromatic carbocycles. The second-order valence-electron chi connectivity index (χ2n) is 9.10. The predicted molar refractivity (Wildman–Crippen MR) is 155 cm³/mol. The summed E-state index contributed by atoms with van der Waals surface area (Å²) in [6.45, 7) is 0. The molecule has 6 aromatic rings. The van der Waals surface area contributed by atoms with Crippen molar-refractivity contribution in [3.8, 4) is 17.4 Å². The number of aromatic nitrogens is 5. The van der Waals surface area contributed by atoms with E-state index < -0.39 is 5.60 Å². The number of halogens is 1. The van der Waals surface area contributed by atoms with Crippen LogP contribution in [0.4, 0.5) is 0 Å². The highest BCUT2D eigenvalue weighted by Crippen LogP contribution is 2.42. The molecule has 4 aromatic heterocycles. The molecule has 1 N–H and O–H groups in total. The molecule has 0 amide bonds. The number of nitrogens with zero attached hydrogens (tertiary/aromatic N) is 5. The number of hydrogen-bond donors (Lipinski definition) is 1. The van der Waals surface area contributed by atoms with Crippen LogP contribution in [0.3, 0.4) is 0 Å². The standard InChI is InChI=1S/C30H24ClN5O3S/c1-38-27-11-7-21(16-33-27)30(37,26-17-32-18-40-26)20-6-10-25-23(15-20)28(31)24(29(35-25)39-2)14-19-4-8-22(9-5-19)36-13-3-12-34-36/h3-13,15-18,37H,14H2,1-2H3. The van der Waals surface area contributed by atoms with Crippen LogP contribution in [-0.2, 0) is 12.0 Å². The third kappa shape index (κ3) is 4.58. The van der Waals surface area contributed by atoms with Crippen LogP contribution in [0.15, 0.2) is 91.0 Å². The highest BCUT2D eigenvalue weighted by Gasteiger charge is 2.36. The summed E-state index contributed by atoms with van der Waals surface area (Å²) in [7, 11) is 3.14. The molecule has 0 spiro atoms. The number of hydrogen-bond acceptors (Lipinski definition) is 8.